The molecule has 126 valence electrons. The molecule has 3 N–H and O–H groups in total. The maximum atomic E-state index is 12.6. The summed E-state index contributed by atoms with van der Waals surface area (Å²) in [5, 5.41) is 7.18. The molecule has 3 rings (SSSR count). The first kappa shape index (κ1) is 17.2. The first-order chi connectivity index (χ1) is 12.0. The number of benzene rings is 2. The van der Waals surface area contributed by atoms with Crippen LogP contribution in [0, 0.1) is 0 Å². The Bertz CT molecular complexity index is 957. The summed E-state index contributed by atoms with van der Waals surface area (Å²) in [6.45, 7) is 0. The summed E-state index contributed by atoms with van der Waals surface area (Å²) in [4.78, 5) is 24.0. The molecule has 6 nitrogen and oxygen atoms in total. The van der Waals surface area contributed by atoms with Gasteiger partial charge in [0, 0.05) is 10.5 Å². The Morgan fingerprint density at radius 1 is 1.12 bits per heavy atom. The molecule has 0 radical (unpaired) electrons. The number of carbonyl (C=O) groups excluding carboxylic acids is 2. The number of nitrogens with two attached hydrogens (primary N) is 1. The van der Waals surface area contributed by atoms with E-state index in [-0.39, 0.29) is 11.3 Å². The largest absolute Gasteiger partial charge is 0.364 e. The molecule has 3 aromatic rings. The monoisotopic (exact) mass is 418 g/mol. The fraction of sp³-hybridized carbons (Fsp3) is 0. The fourth-order valence-electron chi connectivity index (χ4n) is 2.21. The van der Waals surface area contributed by atoms with Crippen molar-refractivity contribution in [2.75, 3.05) is 5.32 Å². The average Bonchev–Trinajstić information content (AvgIpc) is 3.02. The first-order valence-electron chi connectivity index (χ1n) is 7.17. The summed E-state index contributed by atoms with van der Waals surface area (Å²) in [6.07, 6.45) is 0. The number of anilines is 1. The normalized spacial score (nSPS) is 10.5. The van der Waals surface area contributed by atoms with Crippen molar-refractivity contribution in [2.24, 2.45) is 5.73 Å². The molecule has 0 aliphatic heterocycles. The van der Waals surface area contributed by atoms with E-state index in [0.29, 0.717) is 16.5 Å². The van der Waals surface area contributed by atoms with E-state index in [2.05, 4.69) is 26.3 Å². The molecule has 0 unspecified atom stereocenters. The zero-order valence-electron chi connectivity index (χ0n) is 12.7. The first-order valence-corrected chi connectivity index (χ1v) is 8.34. The summed E-state index contributed by atoms with van der Waals surface area (Å²) >= 11 is 9.40. The van der Waals surface area contributed by atoms with Crippen LogP contribution in [-0.2, 0) is 0 Å². The van der Waals surface area contributed by atoms with Gasteiger partial charge in [-0.2, -0.15) is 5.10 Å². The smallest absolute Gasteiger partial charge is 0.269 e. The van der Waals surface area contributed by atoms with Crippen LogP contribution in [0.25, 0.3) is 5.69 Å². The molecule has 0 aliphatic carbocycles. The summed E-state index contributed by atoms with van der Waals surface area (Å²) in [5.41, 5.74) is 6.31. The Labute approximate surface area is 156 Å². The Morgan fingerprint density at radius 2 is 1.84 bits per heavy atom. The minimum atomic E-state index is -0.689. The third-order valence-corrected chi connectivity index (χ3v) is 4.20. The summed E-state index contributed by atoms with van der Waals surface area (Å²) < 4.78 is 2.15. The molecule has 0 fully saturated rings. The van der Waals surface area contributed by atoms with Crippen molar-refractivity contribution in [3.8, 4) is 5.69 Å². The van der Waals surface area contributed by atoms with Crippen molar-refractivity contribution in [1.82, 2.24) is 9.78 Å². The predicted octanol–water partition coefficient (Wildman–Crippen LogP) is 3.64. The zero-order valence-corrected chi connectivity index (χ0v) is 15.1. The van der Waals surface area contributed by atoms with Gasteiger partial charge in [0.15, 0.2) is 5.69 Å². The van der Waals surface area contributed by atoms with Crippen LogP contribution in [-0.4, -0.2) is 21.6 Å². The van der Waals surface area contributed by atoms with Gasteiger partial charge in [-0.25, -0.2) is 4.68 Å². The SMILES string of the molecule is NC(=O)c1cc(NC(=O)c2cc(Br)ccc2Cl)n(-c2ccccc2)n1. The topological polar surface area (TPSA) is 90.0 Å². The molecule has 0 saturated heterocycles. The van der Waals surface area contributed by atoms with Gasteiger partial charge in [0.05, 0.1) is 16.3 Å². The van der Waals surface area contributed by atoms with Crippen molar-refractivity contribution in [2.45, 2.75) is 0 Å². The number of rotatable bonds is 4. The molecule has 8 heteroatoms. The summed E-state index contributed by atoms with van der Waals surface area (Å²) in [5.74, 6) is -0.814. The lowest BCUT2D eigenvalue weighted by Crippen LogP contribution is -2.15. The number of nitrogens with one attached hydrogen (secondary N) is 1. The Morgan fingerprint density at radius 3 is 2.52 bits per heavy atom. The van der Waals surface area contributed by atoms with E-state index < -0.39 is 11.8 Å². The number of halogens is 2. The Hall–Kier alpha value is -2.64. The van der Waals surface area contributed by atoms with Crippen molar-refractivity contribution in [3.63, 3.8) is 0 Å². The molecule has 25 heavy (non-hydrogen) atoms. The average molecular weight is 420 g/mol. The highest BCUT2D eigenvalue weighted by molar-refractivity contribution is 9.10. The maximum Gasteiger partial charge on any atom is 0.269 e. The van der Waals surface area contributed by atoms with Crippen LogP contribution in [0.5, 0.6) is 0 Å². The molecule has 2 aromatic carbocycles. The van der Waals surface area contributed by atoms with Crippen LogP contribution in [0.2, 0.25) is 5.02 Å². The molecular formula is C17H12BrClN4O2. The van der Waals surface area contributed by atoms with Crippen molar-refractivity contribution < 1.29 is 9.59 Å². The van der Waals surface area contributed by atoms with Crippen LogP contribution in [0.3, 0.4) is 0 Å². The van der Waals surface area contributed by atoms with E-state index in [1.54, 1.807) is 30.3 Å². The van der Waals surface area contributed by atoms with Crippen molar-refractivity contribution >= 4 is 45.2 Å². The highest BCUT2D eigenvalue weighted by Crippen LogP contribution is 2.23. The molecule has 0 atom stereocenters. The highest BCUT2D eigenvalue weighted by Gasteiger charge is 2.17. The Kier molecular flexibility index (Phi) is 4.87. The number of amides is 2. The van der Waals surface area contributed by atoms with Gasteiger partial charge in [0.25, 0.3) is 11.8 Å². The quantitative estimate of drug-likeness (QED) is 0.676. The van der Waals surface area contributed by atoms with E-state index >= 15 is 0 Å². The van der Waals surface area contributed by atoms with Gasteiger partial charge in [0.1, 0.15) is 5.82 Å². The van der Waals surface area contributed by atoms with Gasteiger partial charge in [0.2, 0.25) is 0 Å². The van der Waals surface area contributed by atoms with Gasteiger partial charge >= 0.3 is 0 Å². The molecule has 0 saturated carbocycles. The second-order valence-corrected chi connectivity index (χ2v) is 6.43. The van der Waals surface area contributed by atoms with Crippen LogP contribution in [0.1, 0.15) is 20.8 Å². The standard InChI is InChI=1S/C17H12BrClN4O2/c18-10-6-7-13(19)12(8-10)17(25)21-15-9-14(16(20)24)22-23(15)11-4-2-1-3-5-11/h1-9H,(H2,20,24)(H,21,25). The van der Waals surface area contributed by atoms with Crippen LogP contribution in [0.4, 0.5) is 5.82 Å². The van der Waals surface area contributed by atoms with Gasteiger partial charge in [-0.1, -0.05) is 45.7 Å². The fourth-order valence-corrected chi connectivity index (χ4v) is 2.78. The van der Waals surface area contributed by atoms with Gasteiger partial charge in [-0.3, -0.25) is 9.59 Å². The van der Waals surface area contributed by atoms with Gasteiger partial charge in [-0.05, 0) is 30.3 Å². The molecule has 0 bridgehead atoms. The number of aromatic nitrogens is 2. The summed E-state index contributed by atoms with van der Waals surface area (Å²) in [7, 11) is 0. The number of carbonyl (C=O) groups is 2. The lowest BCUT2D eigenvalue weighted by Gasteiger charge is -2.10. The highest BCUT2D eigenvalue weighted by atomic mass is 79.9. The van der Waals surface area contributed by atoms with Crippen molar-refractivity contribution in [3.05, 3.63) is 75.4 Å². The Balaban J connectivity index is 2.00. The van der Waals surface area contributed by atoms with Gasteiger partial charge < -0.3 is 11.1 Å². The van der Waals surface area contributed by atoms with Crippen LogP contribution in [0.15, 0.2) is 59.1 Å². The van der Waals surface area contributed by atoms with Gasteiger partial charge in [-0.15, -0.1) is 0 Å². The van der Waals surface area contributed by atoms with Crippen LogP contribution >= 0.6 is 27.5 Å². The van der Waals surface area contributed by atoms with E-state index in [4.69, 9.17) is 17.3 Å². The lowest BCUT2D eigenvalue weighted by atomic mass is 10.2. The van der Waals surface area contributed by atoms with Crippen molar-refractivity contribution in [1.29, 1.82) is 0 Å². The predicted molar refractivity (Wildman–Crippen MR) is 99.2 cm³/mol. The molecule has 0 spiro atoms. The van der Waals surface area contributed by atoms with E-state index in [0.717, 1.165) is 4.47 Å². The van der Waals surface area contributed by atoms with E-state index in [1.807, 2.05) is 18.2 Å². The number of nitrogens with zero attached hydrogens (tertiary/aromatic N) is 2. The second kappa shape index (κ2) is 7.08. The summed E-state index contributed by atoms with van der Waals surface area (Å²) in [6, 6.07) is 15.4. The molecule has 0 aliphatic rings. The third-order valence-electron chi connectivity index (χ3n) is 3.38. The number of hydrogen-bond acceptors (Lipinski definition) is 3. The number of para-hydroxylation sites is 1. The molecule has 2 amide bonds. The molecule has 1 heterocycles. The number of hydrogen-bond donors (Lipinski definition) is 2. The maximum absolute atomic E-state index is 12.6. The second-order valence-electron chi connectivity index (χ2n) is 5.10. The minimum absolute atomic E-state index is 0.0412. The lowest BCUT2D eigenvalue weighted by molar-refractivity contribution is 0.0992. The molecular weight excluding hydrogens is 408 g/mol. The third kappa shape index (κ3) is 3.72. The molecule has 1 aromatic heterocycles. The van der Waals surface area contributed by atoms with E-state index in [1.165, 1.54) is 10.7 Å². The van der Waals surface area contributed by atoms with E-state index in [9.17, 15) is 9.59 Å². The van der Waals surface area contributed by atoms with Crippen LogP contribution < -0.4 is 11.1 Å². The zero-order chi connectivity index (χ0) is 18.0. The minimum Gasteiger partial charge on any atom is -0.364 e. The number of primary amides is 1.